The summed E-state index contributed by atoms with van der Waals surface area (Å²) in [6.07, 6.45) is 50.7. The number of rotatable bonds is 47. The fourth-order valence-electron chi connectivity index (χ4n) is 9.37. The van der Waals surface area contributed by atoms with E-state index in [1.165, 1.54) is 205 Å². The van der Waals surface area contributed by atoms with E-state index in [0.29, 0.717) is 37.5 Å². The van der Waals surface area contributed by atoms with Gasteiger partial charge in [0.05, 0.1) is 6.61 Å². The SMILES string of the molecule is CCCCCCCCC(CCCCCCCC)OC(=O)CCCCCCCC(CCCCCCCC(=O)OCC(CCCCCCC)CCCCCCC)NC1CCOCC1. The van der Waals surface area contributed by atoms with Crippen LogP contribution in [-0.2, 0) is 23.8 Å². The summed E-state index contributed by atoms with van der Waals surface area (Å²) >= 11 is 0. The molecule has 1 atom stereocenters. The molecule has 362 valence electrons. The molecule has 0 amide bonds. The van der Waals surface area contributed by atoms with Crippen LogP contribution in [0.15, 0.2) is 0 Å². The van der Waals surface area contributed by atoms with E-state index in [0.717, 1.165) is 64.6 Å². The summed E-state index contributed by atoms with van der Waals surface area (Å²) in [6, 6.07) is 1.16. The zero-order valence-corrected chi connectivity index (χ0v) is 41.7. The Morgan fingerprint density at radius 3 is 1.26 bits per heavy atom. The van der Waals surface area contributed by atoms with Crippen molar-refractivity contribution in [1.29, 1.82) is 0 Å². The van der Waals surface area contributed by atoms with Gasteiger partial charge in [0.25, 0.3) is 0 Å². The first-order chi connectivity index (χ1) is 30.0. The summed E-state index contributed by atoms with van der Waals surface area (Å²) in [5, 5.41) is 4.03. The Kier molecular flexibility index (Phi) is 43.1. The summed E-state index contributed by atoms with van der Waals surface area (Å²) in [7, 11) is 0. The molecule has 1 aliphatic rings. The monoisotopic (exact) mass is 862 g/mol. The van der Waals surface area contributed by atoms with Gasteiger partial charge in [-0.25, -0.2) is 0 Å². The van der Waals surface area contributed by atoms with Gasteiger partial charge in [0.1, 0.15) is 6.10 Å². The quantitative estimate of drug-likeness (QED) is 0.0485. The predicted octanol–water partition coefficient (Wildman–Crippen LogP) is 16.9. The molecule has 6 nitrogen and oxygen atoms in total. The number of hydrogen-bond acceptors (Lipinski definition) is 6. The van der Waals surface area contributed by atoms with Crippen LogP contribution in [0.5, 0.6) is 0 Å². The molecule has 0 spiro atoms. The third kappa shape index (κ3) is 39.0. The summed E-state index contributed by atoms with van der Waals surface area (Å²) in [4.78, 5) is 25.5. The van der Waals surface area contributed by atoms with Crippen molar-refractivity contribution in [1.82, 2.24) is 5.32 Å². The van der Waals surface area contributed by atoms with Gasteiger partial charge in [-0.2, -0.15) is 0 Å². The van der Waals surface area contributed by atoms with Crippen LogP contribution in [0, 0.1) is 5.92 Å². The Balaban J connectivity index is 2.31. The second-order valence-electron chi connectivity index (χ2n) is 19.5. The van der Waals surface area contributed by atoms with Crippen LogP contribution in [0.25, 0.3) is 0 Å². The number of unbranched alkanes of at least 4 members (excludes halogenated alkanes) is 26. The number of hydrogen-bond donors (Lipinski definition) is 1. The van der Waals surface area contributed by atoms with Gasteiger partial charge in [0, 0.05) is 38.1 Å². The Bertz CT molecular complexity index is 892. The van der Waals surface area contributed by atoms with Gasteiger partial charge in [0.2, 0.25) is 0 Å². The van der Waals surface area contributed by atoms with Crippen molar-refractivity contribution in [3.8, 4) is 0 Å². The van der Waals surface area contributed by atoms with E-state index in [1.54, 1.807) is 0 Å². The molecule has 1 fully saturated rings. The molecule has 0 aromatic carbocycles. The first kappa shape index (κ1) is 57.9. The molecule has 61 heavy (non-hydrogen) atoms. The fraction of sp³-hybridized carbons (Fsp3) is 0.964. The van der Waals surface area contributed by atoms with Crippen LogP contribution >= 0.6 is 0 Å². The minimum atomic E-state index is 0.0221. The second-order valence-corrected chi connectivity index (χ2v) is 19.5. The van der Waals surface area contributed by atoms with E-state index < -0.39 is 0 Å². The van der Waals surface area contributed by atoms with Crippen molar-refractivity contribution in [2.24, 2.45) is 5.92 Å². The lowest BCUT2D eigenvalue weighted by Crippen LogP contribution is -2.41. The van der Waals surface area contributed by atoms with Gasteiger partial charge >= 0.3 is 11.9 Å². The zero-order chi connectivity index (χ0) is 44.1. The van der Waals surface area contributed by atoms with Crippen LogP contribution in [-0.4, -0.2) is 49.9 Å². The lowest BCUT2D eigenvalue weighted by Gasteiger charge is -2.29. The molecule has 0 radical (unpaired) electrons. The molecule has 0 aliphatic carbocycles. The number of carbonyl (C=O) groups is 2. The highest BCUT2D eigenvalue weighted by atomic mass is 16.5. The van der Waals surface area contributed by atoms with Crippen molar-refractivity contribution < 1.29 is 23.8 Å². The molecule has 0 aromatic heterocycles. The maximum Gasteiger partial charge on any atom is 0.306 e. The van der Waals surface area contributed by atoms with Crippen LogP contribution in [0.2, 0.25) is 0 Å². The summed E-state index contributed by atoms with van der Waals surface area (Å²) in [6.45, 7) is 11.5. The predicted molar refractivity (Wildman–Crippen MR) is 262 cm³/mol. The smallest absolute Gasteiger partial charge is 0.306 e. The Hall–Kier alpha value is -1.14. The zero-order valence-electron chi connectivity index (χ0n) is 41.7. The lowest BCUT2D eigenvalue weighted by molar-refractivity contribution is -0.150. The van der Waals surface area contributed by atoms with Gasteiger partial charge in [0.15, 0.2) is 0 Å². The Morgan fingerprint density at radius 1 is 0.459 bits per heavy atom. The summed E-state index contributed by atoms with van der Waals surface area (Å²) < 4.78 is 17.6. The third-order valence-corrected chi connectivity index (χ3v) is 13.5. The molecule has 1 unspecified atom stereocenters. The van der Waals surface area contributed by atoms with E-state index in [2.05, 4.69) is 33.0 Å². The topological polar surface area (TPSA) is 73.9 Å². The molecule has 1 N–H and O–H groups in total. The van der Waals surface area contributed by atoms with Crippen molar-refractivity contribution in [3.63, 3.8) is 0 Å². The normalized spacial score (nSPS) is 14.0. The molecule has 1 heterocycles. The Morgan fingerprint density at radius 2 is 0.820 bits per heavy atom. The van der Waals surface area contributed by atoms with Gasteiger partial charge in [-0.1, -0.05) is 207 Å². The minimum absolute atomic E-state index is 0.0221. The van der Waals surface area contributed by atoms with E-state index in [4.69, 9.17) is 14.2 Å². The van der Waals surface area contributed by atoms with Crippen LogP contribution < -0.4 is 5.32 Å². The summed E-state index contributed by atoms with van der Waals surface area (Å²) in [5.41, 5.74) is 0. The first-order valence-electron chi connectivity index (χ1n) is 27.7. The molecule has 1 rings (SSSR count). The maximum atomic E-state index is 12.9. The largest absolute Gasteiger partial charge is 0.465 e. The van der Waals surface area contributed by atoms with E-state index in [9.17, 15) is 9.59 Å². The highest BCUT2D eigenvalue weighted by Crippen LogP contribution is 2.22. The van der Waals surface area contributed by atoms with Gasteiger partial charge < -0.3 is 19.5 Å². The molecule has 0 saturated carbocycles. The van der Waals surface area contributed by atoms with Crippen molar-refractivity contribution in [2.45, 2.75) is 316 Å². The number of nitrogens with one attached hydrogen (secondary N) is 1. The van der Waals surface area contributed by atoms with Crippen LogP contribution in [0.4, 0.5) is 0 Å². The third-order valence-electron chi connectivity index (χ3n) is 13.5. The molecule has 0 aromatic rings. The molecule has 1 aliphatic heterocycles. The van der Waals surface area contributed by atoms with E-state index in [1.807, 2.05) is 0 Å². The Labute approximate surface area is 381 Å². The highest BCUT2D eigenvalue weighted by Gasteiger charge is 2.19. The van der Waals surface area contributed by atoms with Gasteiger partial charge in [-0.3, -0.25) is 9.59 Å². The van der Waals surface area contributed by atoms with E-state index >= 15 is 0 Å². The fourth-order valence-corrected chi connectivity index (χ4v) is 9.37. The number of carbonyl (C=O) groups excluding carboxylic acids is 2. The second kappa shape index (κ2) is 45.4. The highest BCUT2D eigenvalue weighted by molar-refractivity contribution is 5.69. The van der Waals surface area contributed by atoms with Gasteiger partial charge in [-0.05, 0) is 83.0 Å². The number of esters is 2. The molecular weight excluding hydrogens is 755 g/mol. The van der Waals surface area contributed by atoms with Crippen molar-refractivity contribution in [2.75, 3.05) is 19.8 Å². The van der Waals surface area contributed by atoms with Gasteiger partial charge in [-0.15, -0.1) is 0 Å². The molecule has 0 bridgehead atoms. The van der Waals surface area contributed by atoms with E-state index in [-0.39, 0.29) is 18.0 Å². The van der Waals surface area contributed by atoms with Crippen LogP contribution in [0.1, 0.15) is 297 Å². The lowest BCUT2D eigenvalue weighted by atomic mass is 9.95. The standard InChI is InChI=1S/C55H107NO5/c1-5-9-13-17-25-33-41-53(42-34-26-18-14-10-6-2)61-55(58)44-36-28-20-24-32-40-51(56-52-45-47-59-48-46-52)39-31-23-19-27-35-43-54(57)60-49-50(37-29-21-15-11-7-3)38-30-22-16-12-8-4/h50-53,56H,5-49H2,1-4H3. The molecule has 1 saturated heterocycles. The van der Waals surface area contributed by atoms with Crippen molar-refractivity contribution >= 4 is 11.9 Å². The van der Waals surface area contributed by atoms with Crippen molar-refractivity contribution in [3.05, 3.63) is 0 Å². The molecule has 6 heteroatoms. The average molecular weight is 862 g/mol. The average Bonchev–Trinajstić information content (AvgIpc) is 3.26. The first-order valence-corrected chi connectivity index (χ1v) is 27.7. The minimum Gasteiger partial charge on any atom is -0.465 e. The van der Waals surface area contributed by atoms with Crippen LogP contribution in [0.3, 0.4) is 0 Å². The number of ether oxygens (including phenoxy) is 3. The molecular formula is C55H107NO5. The summed E-state index contributed by atoms with van der Waals surface area (Å²) in [5.74, 6) is 0.606. The maximum absolute atomic E-state index is 12.9.